The van der Waals surface area contributed by atoms with Crippen LogP contribution < -0.4 is 5.32 Å². The first-order valence-corrected chi connectivity index (χ1v) is 8.05. The van der Waals surface area contributed by atoms with E-state index in [9.17, 15) is 18.0 Å². The minimum Gasteiger partial charge on any atom is -0.349 e. The molecule has 2 atom stereocenters. The molecule has 1 aromatic rings. The molecule has 0 saturated heterocycles. The average Bonchev–Trinajstić information content (AvgIpc) is 2.41. The summed E-state index contributed by atoms with van der Waals surface area (Å²) in [4.78, 5) is 12.1. The van der Waals surface area contributed by atoms with Crippen molar-refractivity contribution < 1.29 is 18.0 Å². The average molecular weight is 432 g/mol. The highest BCUT2D eigenvalue weighted by molar-refractivity contribution is 14.1. The zero-order valence-electron chi connectivity index (χ0n) is 11.0. The molecule has 1 fully saturated rings. The standard InChI is InChI=1S/C14H14ClF3INO/c15-11-6-8(4-5-12(11)19)13(21)20-10-3-1-2-9(7-10)14(16,17)18/h4-6,9-10H,1-3,7H2,(H,20,21). The van der Waals surface area contributed by atoms with Crippen molar-refractivity contribution >= 4 is 40.1 Å². The predicted molar refractivity (Wildman–Crippen MR) is 83.4 cm³/mol. The second-order valence-corrected chi connectivity index (χ2v) is 6.77. The molecule has 1 aromatic carbocycles. The van der Waals surface area contributed by atoms with Crippen molar-refractivity contribution in [3.8, 4) is 0 Å². The molecule has 1 amide bonds. The highest BCUT2D eigenvalue weighted by Gasteiger charge is 2.42. The van der Waals surface area contributed by atoms with Gasteiger partial charge in [0.1, 0.15) is 0 Å². The van der Waals surface area contributed by atoms with Crippen LogP contribution in [0.1, 0.15) is 36.0 Å². The maximum Gasteiger partial charge on any atom is 0.391 e. The van der Waals surface area contributed by atoms with Gasteiger partial charge in [0.2, 0.25) is 0 Å². The zero-order valence-corrected chi connectivity index (χ0v) is 13.9. The summed E-state index contributed by atoms with van der Waals surface area (Å²) in [6, 6.07) is 4.42. The van der Waals surface area contributed by atoms with Gasteiger partial charge < -0.3 is 5.32 Å². The van der Waals surface area contributed by atoms with Crippen LogP contribution in [0.15, 0.2) is 18.2 Å². The third kappa shape index (κ3) is 4.48. The molecule has 0 radical (unpaired) electrons. The molecule has 0 aliphatic heterocycles. The Morgan fingerprint density at radius 2 is 2.05 bits per heavy atom. The largest absolute Gasteiger partial charge is 0.391 e. The lowest BCUT2D eigenvalue weighted by Gasteiger charge is -2.31. The summed E-state index contributed by atoms with van der Waals surface area (Å²) in [5, 5.41) is 3.14. The van der Waals surface area contributed by atoms with Gasteiger partial charge in [0.15, 0.2) is 0 Å². The van der Waals surface area contributed by atoms with Gasteiger partial charge in [0, 0.05) is 15.2 Å². The van der Waals surface area contributed by atoms with Gasteiger partial charge in [-0.3, -0.25) is 4.79 Å². The molecule has 2 nitrogen and oxygen atoms in total. The highest BCUT2D eigenvalue weighted by Crippen LogP contribution is 2.37. The topological polar surface area (TPSA) is 29.1 Å². The Morgan fingerprint density at radius 3 is 2.67 bits per heavy atom. The monoisotopic (exact) mass is 431 g/mol. The Hall–Kier alpha value is -0.500. The van der Waals surface area contributed by atoms with Gasteiger partial charge in [-0.05, 0) is 60.1 Å². The third-order valence-corrected chi connectivity index (χ3v) is 5.23. The van der Waals surface area contributed by atoms with E-state index in [4.69, 9.17) is 11.6 Å². The van der Waals surface area contributed by atoms with Crippen LogP contribution in [0.3, 0.4) is 0 Å². The number of carbonyl (C=O) groups is 1. The first-order chi connectivity index (χ1) is 9.77. The van der Waals surface area contributed by atoms with E-state index in [1.54, 1.807) is 12.1 Å². The molecule has 116 valence electrons. The number of alkyl halides is 3. The van der Waals surface area contributed by atoms with Gasteiger partial charge >= 0.3 is 6.18 Å². The van der Waals surface area contributed by atoms with Crippen LogP contribution in [0.25, 0.3) is 0 Å². The van der Waals surface area contributed by atoms with Crippen LogP contribution in [0.2, 0.25) is 5.02 Å². The first-order valence-electron chi connectivity index (χ1n) is 6.60. The molecule has 21 heavy (non-hydrogen) atoms. The van der Waals surface area contributed by atoms with E-state index in [2.05, 4.69) is 5.32 Å². The number of hydrogen-bond acceptors (Lipinski definition) is 1. The fourth-order valence-electron chi connectivity index (χ4n) is 2.52. The number of amides is 1. The second kappa shape index (κ2) is 6.73. The van der Waals surface area contributed by atoms with Crippen LogP contribution >= 0.6 is 34.2 Å². The summed E-state index contributed by atoms with van der Waals surface area (Å²) in [6.07, 6.45) is -3.03. The fourth-order valence-corrected chi connectivity index (χ4v) is 3.04. The van der Waals surface area contributed by atoms with E-state index >= 15 is 0 Å². The van der Waals surface area contributed by atoms with Crippen molar-refractivity contribution in [3.63, 3.8) is 0 Å². The normalized spacial score (nSPS) is 22.9. The molecule has 0 aromatic heterocycles. The first kappa shape index (κ1) is 16.9. The summed E-state index contributed by atoms with van der Waals surface area (Å²) in [7, 11) is 0. The van der Waals surface area contributed by atoms with Gasteiger partial charge in [-0.1, -0.05) is 18.0 Å². The van der Waals surface area contributed by atoms with Crippen molar-refractivity contribution in [2.75, 3.05) is 0 Å². The quantitative estimate of drug-likeness (QED) is 0.670. The summed E-state index contributed by atoms with van der Waals surface area (Å²) in [5.41, 5.74) is 0.370. The second-order valence-electron chi connectivity index (χ2n) is 5.20. The molecule has 1 N–H and O–H groups in total. The lowest BCUT2D eigenvalue weighted by molar-refractivity contribution is -0.183. The smallest absolute Gasteiger partial charge is 0.349 e. The summed E-state index contributed by atoms with van der Waals surface area (Å²) in [6.45, 7) is 0. The van der Waals surface area contributed by atoms with E-state index in [0.29, 0.717) is 23.4 Å². The van der Waals surface area contributed by atoms with Crippen LogP contribution in [-0.4, -0.2) is 18.1 Å². The predicted octanol–water partition coefficient (Wildman–Crippen LogP) is 4.80. The molecule has 2 unspecified atom stereocenters. The zero-order chi connectivity index (χ0) is 15.6. The maximum absolute atomic E-state index is 12.7. The van der Waals surface area contributed by atoms with Gasteiger partial charge in [-0.2, -0.15) is 13.2 Å². The molecule has 1 saturated carbocycles. The molecule has 0 heterocycles. The Labute approximate surface area is 139 Å². The number of rotatable bonds is 2. The number of benzene rings is 1. The van der Waals surface area contributed by atoms with E-state index < -0.39 is 18.1 Å². The van der Waals surface area contributed by atoms with Crippen molar-refractivity contribution in [1.29, 1.82) is 0 Å². The lowest BCUT2D eigenvalue weighted by atomic mass is 9.85. The number of halogens is 5. The minimum atomic E-state index is -4.18. The van der Waals surface area contributed by atoms with E-state index in [-0.39, 0.29) is 18.7 Å². The molecule has 0 bridgehead atoms. The maximum atomic E-state index is 12.7. The summed E-state index contributed by atoms with van der Waals surface area (Å²) >= 11 is 7.99. The Morgan fingerprint density at radius 1 is 1.33 bits per heavy atom. The van der Waals surface area contributed by atoms with Crippen LogP contribution in [0, 0.1) is 9.49 Å². The SMILES string of the molecule is O=C(NC1CCCC(C(F)(F)F)C1)c1ccc(I)c(Cl)c1. The van der Waals surface area contributed by atoms with Crippen molar-refractivity contribution in [2.24, 2.45) is 5.92 Å². The van der Waals surface area contributed by atoms with E-state index in [1.165, 1.54) is 6.07 Å². The van der Waals surface area contributed by atoms with Crippen LogP contribution in [0.4, 0.5) is 13.2 Å². The van der Waals surface area contributed by atoms with Gasteiger partial charge in [0.05, 0.1) is 10.9 Å². The summed E-state index contributed by atoms with van der Waals surface area (Å²) < 4.78 is 39.0. The molecular formula is C14H14ClF3INO. The lowest BCUT2D eigenvalue weighted by Crippen LogP contribution is -2.41. The fraction of sp³-hybridized carbons (Fsp3) is 0.500. The Bertz CT molecular complexity index is 535. The molecule has 1 aliphatic rings. The Kier molecular flexibility index (Phi) is 5.40. The van der Waals surface area contributed by atoms with Gasteiger partial charge in [-0.25, -0.2) is 0 Å². The molecule has 1 aliphatic carbocycles. The minimum absolute atomic E-state index is 0.0483. The van der Waals surface area contributed by atoms with Crippen LogP contribution in [0.5, 0.6) is 0 Å². The van der Waals surface area contributed by atoms with E-state index in [1.807, 2.05) is 22.6 Å². The molecular weight excluding hydrogens is 418 g/mol. The van der Waals surface area contributed by atoms with E-state index in [0.717, 1.165) is 3.57 Å². The number of carbonyl (C=O) groups excluding carboxylic acids is 1. The molecule has 2 rings (SSSR count). The van der Waals surface area contributed by atoms with Gasteiger partial charge in [-0.15, -0.1) is 0 Å². The molecule has 0 spiro atoms. The van der Waals surface area contributed by atoms with Crippen molar-refractivity contribution in [3.05, 3.63) is 32.4 Å². The highest BCUT2D eigenvalue weighted by atomic mass is 127. The third-order valence-electron chi connectivity index (χ3n) is 3.65. The Balaban J connectivity index is 2.00. The molecule has 7 heteroatoms. The number of hydrogen-bond donors (Lipinski definition) is 1. The van der Waals surface area contributed by atoms with Crippen molar-refractivity contribution in [2.45, 2.75) is 37.9 Å². The number of nitrogens with one attached hydrogen (secondary N) is 1. The summed E-state index contributed by atoms with van der Waals surface area (Å²) in [5.74, 6) is -1.70. The van der Waals surface area contributed by atoms with Crippen molar-refractivity contribution in [1.82, 2.24) is 5.32 Å². The van der Waals surface area contributed by atoms with Crippen LogP contribution in [-0.2, 0) is 0 Å². The van der Waals surface area contributed by atoms with Gasteiger partial charge in [0.25, 0.3) is 5.91 Å².